The van der Waals surface area contributed by atoms with Gasteiger partial charge in [-0.05, 0) is 44.4 Å². The van der Waals surface area contributed by atoms with Gasteiger partial charge >= 0.3 is 0 Å². The summed E-state index contributed by atoms with van der Waals surface area (Å²) in [6, 6.07) is 6.92. The fourth-order valence-electron chi connectivity index (χ4n) is 3.27. The largest absolute Gasteiger partial charge is 0.495 e. The van der Waals surface area contributed by atoms with E-state index < -0.39 is 9.84 Å². The SMILES string of the molecule is CCC1CCC(NC)C(S(=O)(=O)c2ccccc2OC)C1. The molecule has 0 radical (unpaired) electrons. The Balaban J connectivity index is 2.40. The van der Waals surface area contributed by atoms with Crippen LogP contribution in [0.15, 0.2) is 29.2 Å². The summed E-state index contributed by atoms with van der Waals surface area (Å²) in [7, 11) is -0.0342. The number of rotatable bonds is 5. The quantitative estimate of drug-likeness (QED) is 0.908. The highest BCUT2D eigenvalue weighted by Crippen LogP contribution is 2.36. The molecule has 0 aliphatic heterocycles. The second-order valence-electron chi connectivity index (χ2n) is 5.72. The topological polar surface area (TPSA) is 55.4 Å². The average Bonchev–Trinajstić information content (AvgIpc) is 2.54. The molecule has 1 aromatic carbocycles. The molecule has 3 atom stereocenters. The number of benzene rings is 1. The summed E-state index contributed by atoms with van der Waals surface area (Å²) in [6.45, 7) is 2.14. The van der Waals surface area contributed by atoms with Gasteiger partial charge in [0.2, 0.25) is 0 Å². The van der Waals surface area contributed by atoms with E-state index in [0.29, 0.717) is 16.6 Å². The first-order valence-corrected chi connectivity index (χ1v) is 9.13. The molecule has 0 heterocycles. The Morgan fingerprint density at radius 3 is 2.62 bits per heavy atom. The highest BCUT2D eigenvalue weighted by atomic mass is 32.2. The molecular formula is C16H25NO3S. The predicted octanol–water partition coefficient (Wildman–Crippen LogP) is 2.64. The highest BCUT2D eigenvalue weighted by molar-refractivity contribution is 7.92. The van der Waals surface area contributed by atoms with Crippen molar-refractivity contribution in [3.05, 3.63) is 24.3 Å². The molecule has 0 aromatic heterocycles. The van der Waals surface area contributed by atoms with Crippen LogP contribution >= 0.6 is 0 Å². The average molecular weight is 311 g/mol. The van der Waals surface area contributed by atoms with Gasteiger partial charge in [-0.25, -0.2) is 8.42 Å². The van der Waals surface area contributed by atoms with E-state index in [-0.39, 0.29) is 11.3 Å². The summed E-state index contributed by atoms with van der Waals surface area (Å²) < 4.78 is 31.4. The minimum absolute atomic E-state index is 0.0164. The first-order chi connectivity index (χ1) is 10.0. The molecular weight excluding hydrogens is 286 g/mol. The zero-order valence-electron chi connectivity index (χ0n) is 13.0. The van der Waals surface area contributed by atoms with Gasteiger partial charge < -0.3 is 10.1 Å². The van der Waals surface area contributed by atoms with Crippen molar-refractivity contribution in [1.29, 1.82) is 0 Å². The van der Waals surface area contributed by atoms with Gasteiger partial charge in [-0.2, -0.15) is 0 Å². The molecule has 1 fully saturated rings. The molecule has 5 heteroatoms. The number of ether oxygens (including phenoxy) is 1. The van der Waals surface area contributed by atoms with E-state index in [4.69, 9.17) is 4.74 Å². The summed E-state index contributed by atoms with van der Waals surface area (Å²) >= 11 is 0. The van der Waals surface area contributed by atoms with Crippen molar-refractivity contribution in [2.75, 3.05) is 14.2 Å². The molecule has 0 amide bonds. The summed E-state index contributed by atoms with van der Waals surface area (Å²) in [5, 5.41) is 2.81. The molecule has 0 saturated heterocycles. The summed E-state index contributed by atoms with van der Waals surface area (Å²) in [5.74, 6) is 0.926. The summed E-state index contributed by atoms with van der Waals surface area (Å²) in [6.07, 6.45) is 3.77. The maximum Gasteiger partial charge on any atom is 0.186 e. The number of nitrogens with one attached hydrogen (secondary N) is 1. The van der Waals surface area contributed by atoms with Crippen molar-refractivity contribution in [3.8, 4) is 5.75 Å². The first-order valence-electron chi connectivity index (χ1n) is 7.58. The van der Waals surface area contributed by atoms with Gasteiger partial charge in [0, 0.05) is 6.04 Å². The van der Waals surface area contributed by atoms with E-state index in [1.165, 1.54) is 7.11 Å². The Labute approximate surface area is 127 Å². The minimum Gasteiger partial charge on any atom is -0.495 e. The molecule has 1 aliphatic rings. The smallest absolute Gasteiger partial charge is 0.186 e. The van der Waals surface area contributed by atoms with Gasteiger partial charge in [0.15, 0.2) is 9.84 Å². The molecule has 118 valence electrons. The van der Waals surface area contributed by atoms with Crippen LogP contribution in [-0.4, -0.2) is 33.9 Å². The van der Waals surface area contributed by atoms with E-state index in [1.54, 1.807) is 24.3 Å². The lowest BCUT2D eigenvalue weighted by Crippen LogP contribution is -2.46. The Hall–Kier alpha value is -1.07. The molecule has 1 aliphatic carbocycles. The normalized spacial score (nSPS) is 26.5. The van der Waals surface area contributed by atoms with Crippen LogP contribution in [0.25, 0.3) is 0 Å². The van der Waals surface area contributed by atoms with Crippen LogP contribution in [0.3, 0.4) is 0 Å². The zero-order chi connectivity index (χ0) is 15.5. The fraction of sp³-hybridized carbons (Fsp3) is 0.625. The first kappa shape index (κ1) is 16.3. The molecule has 3 unspecified atom stereocenters. The van der Waals surface area contributed by atoms with Gasteiger partial charge in [-0.15, -0.1) is 0 Å². The maximum atomic E-state index is 13.1. The molecule has 21 heavy (non-hydrogen) atoms. The summed E-state index contributed by atoms with van der Waals surface area (Å²) in [4.78, 5) is 0.314. The van der Waals surface area contributed by atoms with Crippen molar-refractivity contribution in [2.24, 2.45) is 5.92 Å². The summed E-state index contributed by atoms with van der Waals surface area (Å²) in [5.41, 5.74) is 0. The monoisotopic (exact) mass is 311 g/mol. The van der Waals surface area contributed by atoms with Gasteiger partial charge in [0.05, 0.1) is 12.4 Å². The van der Waals surface area contributed by atoms with Crippen molar-refractivity contribution >= 4 is 9.84 Å². The maximum absolute atomic E-state index is 13.1. The van der Waals surface area contributed by atoms with Crippen molar-refractivity contribution in [3.63, 3.8) is 0 Å². The molecule has 1 aromatic rings. The van der Waals surface area contributed by atoms with Crippen molar-refractivity contribution in [1.82, 2.24) is 5.32 Å². The van der Waals surface area contributed by atoms with Crippen LogP contribution in [0.4, 0.5) is 0 Å². The van der Waals surface area contributed by atoms with E-state index in [2.05, 4.69) is 12.2 Å². The van der Waals surface area contributed by atoms with Gasteiger partial charge in [0.1, 0.15) is 10.6 Å². The highest BCUT2D eigenvalue weighted by Gasteiger charge is 2.39. The van der Waals surface area contributed by atoms with Crippen LogP contribution in [0.2, 0.25) is 0 Å². The number of hydrogen-bond donors (Lipinski definition) is 1. The van der Waals surface area contributed by atoms with E-state index in [9.17, 15) is 8.42 Å². The molecule has 0 bridgehead atoms. The number of hydrogen-bond acceptors (Lipinski definition) is 4. The molecule has 4 nitrogen and oxygen atoms in total. The van der Waals surface area contributed by atoms with Crippen LogP contribution in [0.5, 0.6) is 5.75 Å². The van der Waals surface area contributed by atoms with E-state index in [0.717, 1.165) is 25.7 Å². The predicted molar refractivity (Wildman–Crippen MR) is 84.4 cm³/mol. The molecule has 2 rings (SSSR count). The number of sulfone groups is 1. The fourth-order valence-corrected chi connectivity index (χ4v) is 5.53. The zero-order valence-corrected chi connectivity index (χ0v) is 13.8. The molecule has 0 spiro atoms. The van der Waals surface area contributed by atoms with Crippen LogP contribution in [0.1, 0.15) is 32.6 Å². The van der Waals surface area contributed by atoms with Gasteiger partial charge in [-0.1, -0.05) is 25.5 Å². The minimum atomic E-state index is -3.40. The van der Waals surface area contributed by atoms with Gasteiger partial charge in [0.25, 0.3) is 0 Å². The third-order valence-electron chi connectivity index (χ3n) is 4.62. The van der Waals surface area contributed by atoms with Crippen LogP contribution in [0, 0.1) is 5.92 Å². The Kier molecular flexibility index (Phi) is 5.27. The lowest BCUT2D eigenvalue weighted by atomic mass is 9.84. The van der Waals surface area contributed by atoms with E-state index >= 15 is 0 Å². The second kappa shape index (κ2) is 6.79. The van der Waals surface area contributed by atoms with E-state index in [1.807, 2.05) is 7.05 Å². The second-order valence-corrected chi connectivity index (χ2v) is 7.85. The van der Waals surface area contributed by atoms with Gasteiger partial charge in [-0.3, -0.25) is 0 Å². The van der Waals surface area contributed by atoms with Crippen LogP contribution < -0.4 is 10.1 Å². The number of methoxy groups -OCH3 is 1. The van der Waals surface area contributed by atoms with Crippen LogP contribution in [-0.2, 0) is 9.84 Å². The molecule has 1 saturated carbocycles. The lowest BCUT2D eigenvalue weighted by molar-refractivity contribution is 0.296. The lowest BCUT2D eigenvalue weighted by Gasteiger charge is -2.35. The van der Waals surface area contributed by atoms with Crippen molar-refractivity contribution in [2.45, 2.75) is 48.8 Å². The molecule has 1 N–H and O–H groups in total. The Morgan fingerprint density at radius 2 is 2.00 bits per heavy atom. The standard InChI is InChI=1S/C16H25NO3S/c1-4-12-9-10-13(17-2)16(11-12)21(18,19)15-8-6-5-7-14(15)20-3/h5-8,12-13,16-17H,4,9-11H2,1-3H3. The third-order valence-corrected chi connectivity index (χ3v) is 6.89. The Bertz CT molecular complexity index is 571. The number of para-hydroxylation sites is 1. The third kappa shape index (κ3) is 3.24. The van der Waals surface area contributed by atoms with Crippen molar-refractivity contribution < 1.29 is 13.2 Å². The Morgan fingerprint density at radius 1 is 1.29 bits per heavy atom.